The maximum Gasteiger partial charge on any atom is 0.238 e. The molecule has 0 radical (unpaired) electrons. The molecule has 33 heavy (non-hydrogen) atoms. The van der Waals surface area contributed by atoms with E-state index < -0.39 is 23.4 Å². The largest absolute Gasteiger partial charge is 0.352 e. The summed E-state index contributed by atoms with van der Waals surface area (Å²) < 4.78 is 0. The maximum atomic E-state index is 14.1. The Morgan fingerprint density at radius 1 is 1.12 bits per heavy atom. The number of benzene rings is 2. The van der Waals surface area contributed by atoms with Crippen molar-refractivity contribution in [2.45, 2.75) is 24.4 Å². The van der Waals surface area contributed by atoms with E-state index in [0.29, 0.717) is 15.6 Å². The second-order valence-electron chi connectivity index (χ2n) is 8.66. The summed E-state index contributed by atoms with van der Waals surface area (Å²) in [5.74, 6) is -1.47. The first-order chi connectivity index (χ1) is 15.9. The van der Waals surface area contributed by atoms with E-state index in [1.807, 2.05) is 64.9 Å². The van der Waals surface area contributed by atoms with Crippen LogP contribution in [0.1, 0.15) is 27.7 Å². The van der Waals surface area contributed by atoms with E-state index >= 15 is 0 Å². The van der Waals surface area contributed by atoms with Gasteiger partial charge in [0.1, 0.15) is 5.41 Å². The van der Waals surface area contributed by atoms with Crippen molar-refractivity contribution < 1.29 is 14.4 Å². The lowest BCUT2D eigenvalue weighted by atomic mass is 9.65. The van der Waals surface area contributed by atoms with Crippen molar-refractivity contribution in [3.05, 3.63) is 87.1 Å². The predicted octanol–water partition coefficient (Wildman–Crippen LogP) is 4.96. The number of carbonyl (C=O) groups excluding carboxylic acids is 3. The van der Waals surface area contributed by atoms with Crippen molar-refractivity contribution in [2.75, 3.05) is 10.2 Å². The Kier molecular flexibility index (Phi) is 4.41. The number of Topliss-reactive ketones (excluding diaryl/α,β-unsaturated/α-hetero) is 2. The summed E-state index contributed by atoms with van der Waals surface area (Å²) in [5.41, 5.74) is 1.86. The summed E-state index contributed by atoms with van der Waals surface area (Å²) in [6.45, 7) is 1.50. The van der Waals surface area contributed by atoms with Gasteiger partial charge in [0.15, 0.2) is 11.6 Å². The van der Waals surface area contributed by atoms with Crippen LogP contribution in [-0.2, 0) is 15.0 Å². The van der Waals surface area contributed by atoms with E-state index in [0.717, 1.165) is 16.8 Å². The van der Waals surface area contributed by atoms with Crippen molar-refractivity contribution in [3.8, 4) is 0 Å². The molecule has 0 saturated carbocycles. The fourth-order valence-corrected chi connectivity index (χ4v) is 6.76. The number of nitrogens with zero attached hydrogens (tertiary/aromatic N) is 1. The van der Waals surface area contributed by atoms with E-state index in [4.69, 9.17) is 11.6 Å². The van der Waals surface area contributed by atoms with Crippen molar-refractivity contribution in [1.82, 2.24) is 0 Å². The van der Waals surface area contributed by atoms with Crippen LogP contribution in [0.3, 0.4) is 0 Å². The molecule has 0 unspecified atom stereocenters. The second-order valence-corrected chi connectivity index (χ2v) is 10.0. The standard InChI is InChI=1S/C26H19ClN2O3S/c1-14(30)23-22(24(31)20-7-4-12-33-20)26(17-5-2-3-6-18(17)28-25(26)32)21-11-8-15-13-16(27)9-10-19(15)29(21)23/h2-13,21-23H,1H3,(H,28,32)/t21-,22+,23-,26-/m1/s1. The number of ketones is 2. The molecule has 1 amide bonds. The molecule has 164 valence electrons. The number of amides is 1. The third kappa shape index (κ3) is 2.62. The van der Waals surface area contributed by atoms with Crippen LogP contribution in [0.15, 0.2) is 66.1 Å². The second kappa shape index (κ2) is 7.14. The van der Waals surface area contributed by atoms with Gasteiger partial charge in [-0.15, -0.1) is 11.3 Å². The lowest BCUT2D eigenvalue weighted by molar-refractivity contribution is -0.122. The predicted molar refractivity (Wildman–Crippen MR) is 130 cm³/mol. The molecule has 1 fully saturated rings. The third-order valence-electron chi connectivity index (χ3n) is 7.06. The summed E-state index contributed by atoms with van der Waals surface area (Å²) in [6.07, 6.45) is 3.88. The van der Waals surface area contributed by atoms with Crippen molar-refractivity contribution in [1.29, 1.82) is 0 Å². The molecule has 0 bridgehead atoms. The van der Waals surface area contributed by atoms with Gasteiger partial charge in [0.05, 0.1) is 22.9 Å². The minimum absolute atomic E-state index is 0.153. The Morgan fingerprint density at radius 2 is 1.94 bits per heavy atom. The van der Waals surface area contributed by atoms with Gasteiger partial charge in [-0.1, -0.05) is 48.0 Å². The smallest absolute Gasteiger partial charge is 0.238 e. The molecule has 1 aromatic heterocycles. The zero-order valence-corrected chi connectivity index (χ0v) is 19.2. The maximum absolute atomic E-state index is 14.1. The van der Waals surface area contributed by atoms with Gasteiger partial charge in [-0.2, -0.15) is 0 Å². The molecule has 5 nitrogen and oxygen atoms in total. The molecule has 0 aliphatic carbocycles. The number of halogens is 1. The summed E-state index contributed by atoms with van der Waals surface area (Å²) in [6, 6.07) is 15.2. The number of fused-ring (bicyclic) bond motifs is 6. The molecule has 4 atom stereocenters. The highest BCUT2D eigenvalue weighted by atomic mass is 35.5. The van der Waals surface area contributed by atoms with E-state index in [9.17, 15) is 14.4 Å². The van der Waals surface area contributed by atoms with Crippen LogP contribution in [0.5, 0.6) is 0 Å². The normalized spacial score (nSPS) is 26.7. The Morgan fingerprint density at radius 3 is 2.70 bits per heavy atom. The number of rotatable bonds is 3. The molecule has 1 spiro atoms. The van der Waals surface area contributed by atoms with Crippen molar-refractivity contribution in [2.24, 2.45) is 5.92 Å². The van der Waals surface area contributed by atoms with Crippen LogP contribution in [0.25, 0.3) is 6.08 Å². The molecule has 3 aliphatic heterocycles. The molecule has 1 N–H and O–H groups in total. The van der Waals surface area contributed by atoms with Gasteiger partial charge in [-0.05, 0) is 53.8 Å². The Hall–Kier alpha value is -3.22. The van der Waals surface area contributed by atoms with Crippen LogP contribution >= 0.6 is 22.9 Å². The average molecular weight is 475 g/mol. The Labute approximate surface area is 199 Å². The molecule has 2 aromatic carbocycles. The van der Waals surface area contributed by atoms with Crippen molar-refractivity contribution in [3.63, 3.8) is 0 Å². The van der Waals surface area contributed by atoms with Crippen molar-refractivity contribution >= 4 is 57.9 Å². The van der Waals surface area contributed by atoms with Gasteiger partial charge >= 0.3 is 0 Å². The number of hydrogen-bond donors (Lipinski definition) is 1. The van der Waals surface area contributed by atoms with Crippen LogP contribution in [0, 0.1) is 5.92 Å². The summed E-state index contributed by atoms with van der Waals surface area (Å²) in [5, 5.41) is 5.43. The van der Waals surface area contributed by atoms with E-state index in [2.05, 4.69) is 5.32 Å². The van der Waals surface area contributed by atoms with Gasteiger partial charge in [0.2, 0.25) is 5.91 Å². The number of anilines is 2. The van der Waals surface area contributed by atoms with Crippen LogP contribution in [-0.4, -0.2) is 29.6 Å². The fraction of sp³-hybridized carbons (Fsp3) is 0.192. The quantitative estimate of drug-likeness (QED) is 0.544. The van der Waals surface area contributed by atoms with Crippen LogP contribution < -0.4 is 10.2 Å². The minimum atomic E-state index is -1.23. The molecule has 4 heterocycles. The molecule has 6 rings (SSSR count). The Bertz CT molecular complexity index is 1370. The first kappa shape index (κ1) is 20.4. The summed E-state index contributed by atoms with van der Waals surface area (Å²) in [7, 11) is 0. The highest BCUT2D eigenvalue weighted by Crippen LogP contribution is 2.58. The summed E-state index contributed by atoms with van der Waals surface area (Å²) >= 11 is 7.57. The minimum Gasteiger partial charge on any atom is -0.352 e. The number of hydrogen-bond acceptors (Lipinski definition) is 5. The Balaban J connectivity index is 1.67. The van der Waals surface area contributed by atoms with Gasteiger partial charge in [0, 0.05) is 16.4 Å². The van der Waals surface area contributed by atoms with E-state index in [-0.39, 0.29) is 17.5 Å². The molecular formula is C26H19ClN2O3S. The van der Waals surface area contributed by atoms with Gasteiger partial charge in [-0.25, -0.2) is 0 Å². The first-order valence-electron chi connectivity index (χ1n) is 10.7. The lowest BCUT2D eigenvalue weighted by Crippen LogP contribution is -2.51. The van der Waals surface area contributed by atoms with Gasteiger partial charge < -0.3 is 10.2 Å². The highest BCUT2D eigenvalue weighted by Gasteiger charge is 2.69. The fourth-order valence-electron chi connectivity index (χ4n) is 5.88. The molecule has 3 aliphatic rings. The average Bonchev–Trinajstić information content (AvgIpc) is 3.50. The van der Waals surface area contributed by atoms with E-state index in [1.54, 1.807) is 12.1 Å². The van der Waals surface area contributed by atoms with Crippen LogP contribution in [0.4, 0.5) is 11.4 Å². The number of nitrogens with one attached hydrogen (secondary N) is 1. The number of thiophene rings is 1. The molecule has 1 saturated heterocycles. The monoisotopic (exact) mass is 474 g/mol. The molecule has 7 heteroatoms. The number of carbonyl (C=O) groups is 3. The molecule has 3 aromatic rings. The lowest BCUT2D eigenvalue weighted by Gasteiger charge is -2.37. The first-order valence-corrected chi connectivity index (χ1v) is 12.0. The topological polar surface area (TPSA) is 66.5 Å². The van der Waals surface area contributed by atoms with Gasteiger partial charge in [0.25, 0.3) is 0 Å². The van der Waals surface area contributed by atoms with Crippen LogP contribution in [0.2, 0.25) is 5.02 Å². The van der Waals surface area contributed by atoms with Gasteiger partial charge in [-0.3, -0.25) is 14.4 Å². The SMILES string of the molecule is CC(=O)[C@@H]1[C@@H](C(=O)c2cccs2)[C@]2(C(=O)Nc3ccccc32)[C@H]2C=Cc3cc(Cl)ccc3N12. The zero-order valence-electron chi connectivity index (χ0n) is 17.6. The third-order valence-corrected chi connectivity index (χ3v) is 8.18. The zero-order chi connectivity index (χ0) is 22.9. The number of para-hydroxylation sites is 1. The highest BCUT2D eigenvalue weighted by molar-refractivity contribution is 7.12. The summed E-state index contributed by atoms with van der Waals surface area (Å²) in [4.78, 5) is 43.7. The van der Waals surface area contributed by atoms with E-state index in [1.165, 1.54) is 18.3 Å². The molecular weight excluding hydrogens is 456 g/mol.